The second-order valence-corrected chi connectivity index (χ2v) is 13.5. The molecule has 53 heavy (non-hydrogen) atoms. The fourth-order valence-corrected chi connectivity index (χ4v) is 5.75. The van der Waals surface area contributed by atoms with Crippen molar-refractivity contribution in [3.63, 3.8) is 0 Å². The highest BCUT2D eigenvalue weighted by atomic mass is 16.5. The van der Waals surface area contributed by atoms with Gasteiger partial charge >= 0.3 is 0 Å². The molecule has 0 bridgehead atoms. The van der Waals surface area contributed by atoms with E-state index in [0.29, 0.717) is 62.9 Å². The fraction of sp³-hybridized carbons (Fsp3) is 0.425. The molecule has 0 radical (unpaired) electrons. The minimum Gasteiger partial charge on any atom is -0.493 e. The van der Waals surface area contributed by atoms with Crippen LogP contribution >= 0.6 is 0 Å². The van der Waals surface area contributed by atoms with E-state index >= 15 is 0 Å². The molecule has 0 aliphatic heterocycles. The Bertz CT molecular complexity index is 1720. The first-order chi connectivity index (χ1) is 25.7. The molecule has 2 atom stereocenters. The highest BCUT2D eigenvalue weighted by molar-refractivity contribution is 5.88. The third-order valence-electron chi connectivity index (χ3n) is 8.54. The Morgan fingerprint density at radius 1 is 0.830 bits per heavy atom. The molecule has 0 fully saturated rings. The Balaban J connectivity index is 1.42. The lowest BCUT2D eigenvalue weighted by molar-refractivity contribution is -0.129. The van der Waals surface area contributed by atoms with Crippen LogP contribution in [0.5, 0.6) is 11.5 Å². The van der Waals surface area contributed by atoms with Crippen LogP contribution in [0.15, 0.2) is 90.1 Å². The van der Waals surface area contributed by atoms with Gasteiger partial charge in [-0.15, -0.1) is 5.10 Å². The molecule has 2 amide bonds. The molecule has 13 heteroatoms. The number of hydrogen-bond acceptors (Lipinski definition) is 8. The summed E-state index contributed by atoms with van der Waals surface area (Å²) in [6.45, 7) is 6.45. The number of aromatic nitrogens is 3. The fourth-order valence-electron chi connectivity index (χ4n) is 5.75. The molecule has 8 N–H and O–H groups in total. The zero-order valence-electron chi connectivity index (χ0n) is 31.0. The van der Waals surface area contributed by atoms with Crippen LogP contribution in [0.25, 0.3) is 11.1 Å². The van der Waals surface area contributed by atoms with Crippen LogP contribution in [-0.2, 0) is 29.2 Å². The van der Waals surface area contributed by atoms with Crippen molar-refractivity contribution in [2.45, 2.75) is 84.0 Å². The number of carbonyl (C=O) groups excluding carboxylic acids is 2. The van der Waals surface area contributed by atoms with Crippen LogP contribution in [0.4, 0.5) is 0 Å². The van der Waals surface area contributed by atoms with Crippen molar-refractivity contribution >= 4 is 17.8 Å². The molecule has 3 aromatic carbocycles. The number of guanidine groups is 1. The lowest BCUT2D eigenvalue weighted by Gasteiger charge is -2.23. The van der Waals surface area contributed by atoms with E-state index in [4.69, 9.17) is 26.7 Å². The van der Waals surface area contributed by atoms with Crippen LogP contribution in [0.3, 0.4) is 0 Å². The van der Waals surface area contributed by atoms with E-state index in [9.17, 15) is 9.59 Å². The van der Waals surface area contributed by atoms with E-state index in [1.54, 1.807) is 4.68 Å². The number of rotatable bonds is 23. The summed E-state index contributed by atoms with van der Waals surface area (Å²) >= 11 is 0. The van der Waals surface area contributed by atoms with Gasteiger partial charge in [0.2, 0.25) is 11.8 Å². The van der Waals surface area contributed by atoms with Crippen LogP contribution in [0.2, 0.25) is 0 Å². The summed E-state index contributed by atoms with van der Waals surface area (Å²) in [4.78, 5) is 30.7. The number of amides is 2. The molecule has 1 aromatic heterocycles. The third kappa shape index (κ3) is 14.3. The summed E-state index contributed by atoms with van der Waals surface area (Å²) in [5.74, 6) is 1.50. The van der Waals surface area contributed by atoms with E-state index in [1.807, 2.05) is 85.1 Å². The highest BCUT2D eigenvalue weighted by Crippen LogP contribution is 2.36. The summed E-state index contributed by atoms with van der Waals surface area (Å²) < 4.78 is 14.2. The first-order valence-electron chi connectivity index (χ1n) is 18.4. The van der Waals surface area contributed by atoms with E-state index < -0.39 is 6.04 Å². The second kappa shape index (κ2) is 21.8. The van der Waals surface area contributed by atoms with Crippen molar-refractivity contribution in [3.05, 3.63) is 96.3 Å². The van der Waals surface area contributed by atoms with Gasteiger partial charge in [0.1, 0.15) is 29.8 Å². The van der Waals surface area contributed by atoms with Gasteiger partial charge in [-0.3, -0.25) is 19.3 Å². The molecule has 13 nitrogen and oxygen atoms in total. The van der Waals surface area contributed by atoms with Crippen molar-refractivity contribution in [2.24, 2.45) is 28.1 Å². The first kappa shape index (κ1) is 40.3. The molecule has 0 spiro atoms. The van der Waals surface area contributed by atoms with Crippen molar-refractivity contribution in [1.29, 1.82) is 0 Å². The van der Waals surface area contributed by atoms with E-state index in [1.165, 1.54) is 0 Å². The van der Waals surface area contributed by atoms with Gasteiger partial charge in [-0.05, 0) is 62.3 Å². The standard InChI is InChI=1S/C40H55N9O4/c1-29(2)21-24-52-36-19-8-6-16-33(36)34-17-7-9-20-37(34)53-28-32-27-49(48-47-32)26-31(15-10-11-22-41)45-39(51)35(18-12-23-44-40(42)43)46-38(50)25-30-13-4-3-5-14-30/h3-9,13-14,16-17,19-20,27,29,31,35H,10-12,15,18,21-26,28,41H2,1-2H3,(H,45,51)(H,46,50)(H4,42,43,44)/t31-,35-/m1/s1. The van der Waals surface area contributed by atoms with Crippen molar-refractivity contribution in [2.75, 3.05) is 19.7 Å². The van der Waals surface area contributed by atoms with Gasteiger partial charge in [0.15, 0.2) is 5.96 Å². The van der Waals surface area contributed by atoms with Gasteiger partial charge in [-0.1, -0.05) is 92.2 Å². The van der Waals surface area contributed by atoms with Crippen molar-refractivity contribution in [1.82, 2.24) is 25.6 Å². The van der Waals surface area contributed by atoms with Gasteiger partial charge in [0.25, 0.3) is 0 Å². The lowest BCUT2D eigenvalue weighted by Crippen LogP contribution is -2.51. The predicted octanol–water partition coefficient (Wildman–Crippen LogP) is 4.34. The molecule has 4 rings (SSSR count). The average molecular weight is 726 g/mol. The summed E-state index contributed by atoms with van der Waals surface area (Å²) in [5, 5.41) is 14.8. The quantitative estimate of drug-likeness (QED) is 0.0420. The number of unbranched alkanes of at least 4 members (excludes halogenated alkanes) is 1. The Kier molecular flexibility index (Phi) is 16.6. The zero-order chi connectivity index (χ0) is 37.8. The molecule has 1 heterocycles. The molecule has 0 aliphatic carbocycles. The lowest BCUT2D eigenvalue weighted by atomic mass is 10.0. The number of hydrogen-bond donors (Lipinski definition) is 5. The van der Waals surface area contributed by atoms with E-state index in [-0.39, 0.29) is 36.8 Å². The minimum atomic E-state index is -0.775. The first-order valence-corrected chi connectivity index (χ1v) is 18.4. The number of benzene rings is 3. The van der Waals surface area contributed by atoms with Crippen LogP contribution in [-0.4, -0.2) is 64.5 Å². The second-order valence-electron chi connectivity index (χ2n) is 13.5. The van der Waals surface area contributed by atoms with Crippen LogP contribution in [0, 0.1) is 5.92 Å². The molecule has 0 saturated heterocycles. The molecule has 4 aromatic rings. The molecular formula is C40H55N9O4. The Morgan fingerprint density at radius 2 is 1.51 bits per heavy atom. The van der Waals surface area contributed by atoms with Gasteiger partial charge in [0, 0.05) is 23.7 Å². The number of aliphatic imine (C=N–C) groups is 1. The topological polar surface area (TPSA) is 198 Å². The van der Waals surface area contributed by atoms with E-state index in [0.717, 1.165) is 41.7 Å². The maximum absolute atomic E-state index is 13.7. The maximum atomic E-state index is 13.7. The monoisotopic (exact) mass is 725 g/mol. The number of carbonyl (C=O) groups is 2. The molecule has 0 unspecified atom stereocenters. The zero-order valence-corrected chi connectivity index (χ0v) is 31.0. The van der Waals surface area contributed by atoms with Crippen molar-refractivity contribution in [3.8, 4) is 22.6 Å². The molecule has 0 saturated carbocycles. The molecule has 284 valence electrons. The van der Waals surface area contributed by atoms with Gasteiger partial charge < -0.3 is 37.3 Å². The summed E-state index contributed by atoms with van der Waals surface area (Å²) in [5.41, 5.74) is 20.1. The Hall–Kier alpha value is -5.43. The largest absolute Gasteiger partial charge is 0.493 e. The Labute approximate surface area is 312 Å². The van der Waals surface area contributed by atoms with Gasteiger partial charge in [-0.25, -0.2) is 0 Å². The summed E-state index contributed by atoms with van der Waals surface area (Å²) in [6.07, 6.45) is 6.09. The highest BCUT2D eigenvalue weighted by Gasteiger charge is 2.24. The predicted molar refractivity (Wildman–Crippen MR) is 208 cm³/mol. The van der Waals surface area contributed by atoms with Gasteiger partial charge in [0.05, 0.1) is 25.8 Å². The SMILES string of the molecule is CC(C)CCOc1ccccc1-c1ccccc1OCc1cn(C[C@@H](CCCCN)NC(=O)[C@@H](CCCN=C(N)N)NC(=O)Cc2ccccc2)nn1. The maximum Gasteiger partial charge on any atom is 0.242 e. The number of nitrogens with two attached hydrogens (primary N) is 3. The molecular weight excluding hydrogens is 670 g/mol. The number of para-hydroxylation sites is 2. The number of nitrogens with zero attached hydrogens (tertiary/aromatic N) is 4. The normalized spacial score (nSPS) is 12.2. The molecule has 0 aliphatic rings. The van der Waals surface area contributed by atoms with E-state index in [2.05, 4.69) is 39.8 Å². The van der Waals surface area contributed by atoms with Crippen LogP contribution in [0.1, 0.15) is 63.6 Å². The summed E-state index contributed by atoms with van der Waals surface area (Å²) in [6, 6.07) is 24.2. The summed E-state index contributed by atoms with van der Waals surface area (Å²) in [7, 11) is 0. The smallest absolute Gasteiger partial charge is 0.242 e. The third-order valence-corrected chi connectivity index (χ3v) is 8.54. The number of nitrogens with one attached hydrogen (secondary N) is 2. The van der Waals surface area contributed by atoms with Crippen molar-refractivity contribution < 1.29 is 19.1 Å². The van der Waals surface area contributed by atoms with Crippen LogP contribution < -0.4 is 37.3 Å². The Morgan fingerprint density at radius 3 is 2.19 bits per heavy atom. The average Bonchev–Trinajstić information content (AvgIpc) is 3.59. The van der Waals surface area contributed by atoms with Gasteiger partial charge in [-0.2, -0.15) is 0 Å². The minimum absolute atomic E-state index is 0.0201. The number of ether oxygens (including phenoxy) is 2.